The standard InChI is InChI=1S/C5H9Cl2N3O2/c1-2-8-4(6)3(10(11)12)5(7)9-2/h2-5,8-9H,1H3. The molecule has 1 saturated heterocycles. The minimum absolute atomic E-state index is 0.105. The molecule has 70 valence electrons. The highest BCUT2D eigenvalue weighted by molar-refractivity contribution is 6.24. The van der Waals surface area contributed by atoms with Crippen molar-refractivity contribution in [3.05, 3.63) is 10.1 Å². The third kappa shape index (κ3) is 1.98. The number of nitro groups is 1. The summed E-state index contributed by atoms with van der Waals surface area (Å²) in [6.45, 7) is 1.79. The highest BCUT2D eigenvalue weighted by Gasteiger charge is 2.42. The second-order valence-electron chi connectivity index (χ2n) is 2.63. The molecule has 7 heteroatoms. The van der Waals surface area contributed by atoms with Gasteiger partial charge in [-0.25, -0.2) is 0 Å². The van der Waals surface area contributed by atoms with Gasteiger partial charge in [-0.3, -0.25) is 20.7 Å². The molecule has 1 heterocycles. The van der Waals surface area contributed by atoms with E-state index in [-0.39, 0.29) is 6.17 Å². The topological polar surface area (TPSA) is 67.2 Å². The molecular formula is C5H9Cl2N3O2. The van der Waals surface area contributed by atoms with Crippen LogP contribution in [0.5, 0.6) is 0 Å². The van der Waals surface area contributed by atoms with Crippen LogP contribution in [0, 0.1) is 10.1 Å². The lowest BCUT2D eigenvalue weighted by atomic mass is 10.2. The van der Waals surface area contributed by atoms with E-state index in [9.17, 15) is 10.1 Å². The molecular weight excluding hydrogens is 205 g/mol. The van der Waals surface area contributed by atoms with Gasteiger partial charge in [0, 0.05) is 4.92 Å². The first kappa shape index (κ1) is 9.98. The molecule has 2 N–H and O–H groups in total. The zero-order valence-electron chi connectivity index (χ0n) is 6.33. The van der Waals surface area contributed by atoms with Crippen LogP contribution in [0.1, 0.15) is 6.92 Å². The summed E-state index contributed by atoms with van der Waals surface area (Å²) in [6, 6.07) is -0.996. The zero-order chi connectivity index (χ0) is 9.30. The Kier molecular flexibility index (Phi) is 3.11. The Balaban J connectivity index is 2.66. The SMILES string of the molecule is CC1NC(Cl)C([N+](=O)[O-])C(Cl)N1. The van der Waals surface area contributed by atoms with Gasteiger partial charge in [0.15, 0.2) is 11.0 Å². The quantitative estimate of drug-likeness (QED) is 0.285. The third-order valence-corrected chi connectivity index (χ3v) is 2.43. The molecule has 0 aromatic rings. The summed E-state index contributed by atoms with van der Waals surface area (Å²) in [5.41, 5.74) is -1.45. The smallest absolute Gasteiger partial charge is 0.270 e. The van der Waals surface area contributed by atoms with Crippen molar-refractivity contribution in [3.8, 4) is 0 Å². The van der Waals surface area contributed by atoms with Gasteiger partial charge in [-0.1, -0.05) is 23.2 Å². The summed E-state index contributed by atoms with van der Waals surface area (Å²) < 4.78 is 0. The van der Waals surface area contributed by atoms with Crippen molar-refractivity contribution < 1.29 is 4.92 Å². The first-order chi connectivity index (χ1) is 5.52. The Labute approximate surface area is 79.6 Å². The summed E-state index contributed by atoms with van der Waals surface area (Å²) in [5.74, 6) is 0. The number of nitrogens with zero attached hydrogens (tertiary/aromatic N) is 1. The second kappa shape index (κ2) is 3.74. The maximum atomic E-state index is 10.4. The van der Waals surface area contributed by atoms with Crippen molar-refractivity contribution in [1.29, 1.82) is 0 Å². The number of halogens is 2. The van der Waals surface area contributed by atoms with Gasteiger partial charge in [-0.15, -0.1) is 0 Å². The van der Waals surface area contributed by atoms with Crippen molar-refractivity contribution in [2.24, 2.45) is 0 Å². The fraction of sp³-hybridized carbons (Fsp3) is 1.00. The lowest BCUT2D eigenvalue weighted by molar-refractivity contribution is -0.526. The Morgan fingerprint density at radius 1 is 1.33 bits per heavy atom. The molecule has 0 radical (unpaired) electrons. The molecule has 2 unspecified atom stereocenters. The number of rotatable bonds is 1. The minimum atomic E-state index is -0.996. The van der Waals surface area contributed by atoms with E-state index in [2.05, 4.69) is 10.6 Å². The van der Waals surface area contributed by atoms with Crippen molar-refractivity contribution in [1.82, 2.24) is 10.6 Å². The van der Waals surface area contributed by atoms with Crippen LogP contribution in [0.15, 0.2) is 0 Å². The van der Waals surface area contributed by atoms with Crippen LogP contribution in [-0.2, 0) is 0 Å². The van der Waals surface area contributed by atoms with Gasteiger partial charge in [0.05, 0.1) is 6.17 Å². The van der Waals surface area contributed by atoms with Crippen LogP contribution in [0.3, 0.4) is 0 Å². The molecule has 0 aromatic carbocycles. The number of nitrogens with one attached hydrogen (secondary N) is 2. The second-order valence-corrected chi connectivity index (χ2v) is 3.57. The van der Waals surface area contributed by atoms with E-state index in [0.29, 0.717) is 0 Å². The van der Waals surface area contributed by atoms with E-state index < -0.39 is 22.0 Å². The summed E-state index contributed by atoms with van der Waals surface area (Å²) >= 11 is 11.4. The molecule has 2 atom stereocenters. The van der Waals surface area contributed by atoms with Crippen molar-refractivity contribution >= 4 is 23.2 Å². The van der Waals surface area contributed by atoms with Crippen LogP contribution in [-0.4, -0.2) is 28.1 Å². The van der Waals surface area contributed by atoms with Crippen LogP contribution < -0.4 is 10.6 Å². The molecule has 0 aliphatic carbocycles. The van der Waals surface area contributed by atoms with E-state index in [1.165, 1.54) is 0 Å². The van der Waals surface area contributed by atoms with E-state index >= 15 is 0 Å². The maximum absolute atomic E-state index is 10.4. The van der Waals surface area contributed by atoms with Gasteiger partial charge in [0.2, 0.25) is 0 Å². The summed E-state index contributed by atoms with van der Waals surface area (Å²) in [7, 11) is 0. The van der Waals surface area contributed by atoms with Gasteiger partial charge < -0.3 is 0 Å². The zero-order valence-corrected chi connectivity index (χ0v) is 7.84. The monoisotopic (exact) mass is 213 g/mol. The number of hydrogen-bond donors (Lipinski definition) is 2. The van der Waals surface area contributed by atoms with E-state index in [4.69, 9.17) is 23.2 Å². The first-order valence-corrected chi connectivity index (χ1v) is 4.33. The normalized spacial score (nSPS) is 42.6. The number of hydrogen-bond acceptors (Lipinski definition) is 4. The average molecular weight is 214 g/mol. The molecule has 0 spiro atoms. The first-order valence-electron chi connectivity index (χ1n) is 3.46. The molecule has 0 aromatic heterocycles. The lowest BCUT2D eigenvalue weighted by Gasteiger charge is -2.31. The van der Waals surface area contributed by atoms with E-state index in [0.717, 1.165) is 0 Å². The third-order valence-electron chi connectivity index (χ3n) is 1.66. The lowest BCUT2D eigenvalue weighted by Crippen LogP contribution is -2.63. The molecule has 1 aliphatic rings. The summed E-state index contributed by atoms with van der Waals surface area (Å²) in [5, 5.41) is 16.0. The van der Waals surface area contributed by atoms with Crippen LogP contribution in [0.2, 0.25) is 0 Å². The molecule has 1 rings (SSSR count). The number of alkyl halides is 2. The molecule has 1 fully saturated rings. The largest absolute Gasteiger partial charge is 0.280 e. The summed E-state index contributed by atoms with van der Waals surface area (Å²) in [6.07, 6.45) is -0.105. The molecule has 0 saturated carbocycles. The Hall–Kier alpha value is -0.100. The predicted molar refractivity (Wildman–Crippen MR) is 45.8 cm³/mol. The molecule has 0 bridgehead atoms. The molecule has 0 amide bonds. The van der Waals surface area contributed by atoms with Crippen LogP contribution in [0.4, 0.5) is 0 Å². The summed E-state index contributed by atoms with van der Waals surface area (Å²) in [4.78, 5) is 9.95. The van der Waals surface area contributed by atoms with Gasteiger partial charge in [0.25, 0.3) is 6.04 Å². The van der Waals surface area contributed by atoms with Gasteiger partial charge >= 0.3 is 0 Å². The minimum Gasteiger partial charge on any atom is -0.280 e. The van der Waals surface area contributed by atoms with Crippen LogP contribution in [0.25, 0.3) is 0 Å². The van der Waals surface area contributed by atoms with E-state index in [1.54, 1.807) is 6.92 Å². The molecule has 1 aliphatic heterocycles. The van der Waals surface area contributed by atoms with Crippen molar-refractivity contribution in [3.63, 3.8) is 0 Å². The molecule has 5 nitrogen and oxygen atoms in total. The average Bonchev–Trinajstić information content (AvgIpc) is 1.82. The van der Waals surface area contributed by atoms with Gasteiger partial charge in [-0.05, 0) is 6.92 Å². The van der Waals surface area contributed by atoms with Crippen molar-refractivity contribution in [2.45, 2.75) is 30.1 Å². The fourth-order valence-corrected chi connectivity index (χ4v) is 2.01. The Bertz CT molecular complexity index is 180. The highest BCUT2D eigenvalue weighted by atomic mass is 35.5. The highest BCUT2D eigenvalue weighted by Crippen LogP contribution is 2.16. The Morgan fingerprint density at radius 3 is 2.08 bits per heavy atom. The van der Waals surface area contributed by atoms with E-state index in [1.807, 2.05) is 0 Å². The maximum Gasteiger partial charge on any atom is 0.270 e. The van der Waals surface area contributed by atoms with Crippen molar-refractivity contribution in [2.75, 3.05) is 0 Å². The molecule has 12 heavy (non-hydrogen) atoms. The Morgan fingerprint density at radius 2 is 1.75 bits per heavy atom. The van der Waals surface area contributed by atoms with Gasteiger partial charge in [-0.2, -0.15) is 0 Å². The fourth-order valence-electron chi connectivity index (χ4n) is 1.09. The van der Waals surface area contributed by atoms with Gasteiger partial charge in [0.1, 0.15) is 0 Å². The predicted octanol–water partition coefficient (Wildman–Crippen LogP) is 0.300. The van der Waals surface area contributed by atoms with Crippen LogP contribution >= 0.6 is 23.2 Å².